The fourth-order valence-electron chi connectivity index (χ4n) is 0.950. The van der Waals surface area contributed by atoms with Gasteiger partial charge in [0.05, 0.1) is 14.2 Å². The van der Waals surface area contributed by atoms with E-state index >= 15 is 0 Å². The monoisotopic (exact) mass is 186 g/mol. The van der Waals surface area contributed by atoms with E-state index in [9.17, 15) is 17.6 Å². The number of ether oxygens (including phenoxy) is 2. The maximum atomic E-state index is 12.4. The van der Waals surface area contributed by atoms with E-state index < -0.39 is 23.4 Å². The Bertz CT molecular complexity index is 210. The SMILES string of the molecule is COC1=C(OC)C(F)(F)C1(F)F. The highest BCUT2D eigenvalue weighted by molar-refractivity contribution is 5.35. The molecule has 0 radical (unpaired) electrons. The van der Waals surface area contributed by atoms with Crippen molar-refractivity contribution in [2.75, 3.05) is 14.2 Å². The van der Waals surface area contributed by atoms with Crippen LogP contribution in [0.4, 0.5) is 17.6 Å². The Morgan fingerprint density at radius 2 is 1.08 bits per heavy atom. The molecular weight excluding hydrogens is 180 g/mol. The van der Waals surface area contributed by atoms with Crippen LogP contribution in [0.1, 0.15) is 0 Å². The van der Waals surface area contributed by atoms with Crippen LogP contribution in [-0.2, 0) is 9.47 Å². The summed E-state index contributed by atoms with van der Waals surface area (Å²) in [7, 11) is 1.77. The van der Waals surface area contributed by atoms with Crippen LogP contribution in [0.5, 0.6) is 0 Å². The van der Waals surface area contributed by atoms with E-state index in [2.05, 4.69) is 9.47 Å². The lowest BCUT2D eigenvalue weighted by Crippen LogP contribution is -2.54. The minimum absolute atomic E-state index is 0.886. The van der Waals surface area contributed by atoms with Gasteiger partial charge in [-0.3, -0.25) is 0 Å². The van der Waals surface area contributed by atoms with Crippen LogP contribution in [0.25, 0.3) is 0 Å². The van der Waals surface area contributed by atoms with Crippen molar-refractivity contribution < 1.29 is 27.0 Å². The number of hydrogen-bond donors (Lipinski definition) is 0. The van der Waals surface area contributed by atoms with E-state index in [-0.39, 0.29) is 0 Å². The first-order chi connectivity index (χ1) is 5.39. The summed E-state index contributed by atoms with van der Waals surface area (Å²) in [4.78, 5) is 0. The number of methoxy groups -OCH3 is 2. The molecule has 1 aliphatic carbocycles. The zero-order valence-electron chi connectivity index (χ0n) is 6.33. The standard InChI is InChI=1S/C6H6F4O2/c1-11-3-4(12-2)6(9,10)5(3,7)8/h1-2H3. The lowest BCUT2D eigenvalue weighted by molar-refractivity contribution is -0.240. The highest BCUT2D eigenvalue weighted by atomic mass is 19.3. The Labute approximate surface area is 65.8 Å². The summed E-state index contributed by atoms with van der Waals surface area (Å²) in [6.45, 7) is 0. The topological polar surface area (TPSA) is 18.5 Å². The first-order valence-corrected chi connectivity index (χ1v) is 2.98. The molecule has 0 atom stereocenters. The van der Waals surface area contributed by atoms with Gasteiger partial charge in [0.1, 0.15) is 0 Å². The van der Waals surface area contributed by atoms with Crippen molar-refractivity contribution in [3.63, 3.8) is 0 Å². The molecule has 70 valence electrons. The average Bonchev–Trinajstić information content (AvgIpc) is 1.98. The van der Waals surface area contributed by atoms with Crippen molar-refractivity contribution in [2.24, 2.45) is 0 Å². The largest absolute Gasteiger partial charge is 0.492 e. The third-order valence-corrected chi connectivity index (χ3v) is 1.58. The van der Waals surface area contributed by atoms with Crippen LogP contribution in [-0.4, -0.2) is 26.1 Å². The smallest absolute Gasteiger partial charge is 0.377 e. The molecule has 0 heterocycles. The van der Waals surface area contributed by atoms with Crippen molar-refractivity contribution in [3.05, 3.63) is 11.5 Å². The molecule has 0 unspecified atom stereocenters. The number of hydrogen-bond acceptors (Lipinski definition) is 2. The molecule has 0 fully saturated rings. The Morgan fingerprint density at radius 3 is 1.25 bits per heavy atom. The zero-order chi connectivity index (χ0) is 9.57. The fourth-order valence-corrected chi connectivity index (χ4v) is 0.950. The normalized spacial score (nSPS) is 24.8. The van der Waals surface area contributed by atoms with Gasteiger partial charge in [-0.25, -0.2) is 0 Å². The van der Waals surface area contributed by atoms with Gasteiger partial charge in [-0.15, -0.1) is 0 Å². The summed E-state index contributed by atoms with van der Waals surface area (Å²) in [5.41, 5.74) is 0. The van der Waals surface area contributed by atoms with Crippen molar-refractivity contribution >= 4 is 0 Å². The molecule has 2 nitrogen and oxygen atoms in total. The molecular formula is C6H6F4O2. The minimum atomic E-state index is -4.24. The highest BCUT2D eigenvalue weighted by Crippen LogP contribution is 2.55. The first kappa shape index (κ1) is 9.15. The summed E-state index contributed by atoms with van der Waals surface area (Å²) < 4.78 is 57.8. The van der Waals surface area contributed by atoms with Gasteiger partial charge in [-0.2, -0.15) is 17.6 Å². The van der Waals surface area contributed by atoms with Gasteiger partial charge in [-0.1, -0.05) is 0 Å². The van der Waals surface area contributed by atoms with Crippen molar-refractivity contribution in [3.8, 4) is 0 Å². The molecule has 1 rings (SSSR count). The maximum Gasteiger partial charge on any atom is 0.377 e. The third kappa shape index (κ3) is 0.748. The van der Waals surface area contributed by atoms with E-state index in [1.54, 1.807) is 0 Å². The van der Waals surface area contributed by atoms with E-state index in [0.717, 1.165) is 14.2 Å². The van der Waals surface area contributed by atoms with Crippen LogP contribution < -0.4 is 0 Å². The predicted octanol–water partition coefficient (Wildman–Crippen LogP) is 1.77. The van der Waals surface area contributed by atoms with Gasteiger partial charge in [0.15, 0.2) is 0 Å². The van der Waals surface area contributed by atoms with Crippen molar-refractivity contribution in [1.29, 1.82) is 0 Å². The third-order valence-electron chi connectivity index (χ3n) is 1.58. The molecule has 0 spiro atoms. The molecule has 0 saturated carbocycles. The molecule has 0 aromatic heterocycles. The summed E-state index contributed by atoms with van der Waals surface area (Å²) in [5, 5.41) is 0. The zero-order valence-corrected chi connectivity index (χ0v) is 6.33. The average molecular weight is 186 g/mol. The van der Waals surface area contributed by atoms with Gasteiger partial charge in [-0.05, 0) is 0 Å². The summed E-state index contributed by atoms with van der Waals surface area (Å²) in [5.74, 6) is -10.7. The molecule has 0 bridgehead atoms. The van der Waals surface area contributed by atoms with Crippen LogP contribution in [0.3, 0.4) is 0 Å². The van der Waals surface area contributed by atoms with Crippen LogP contribution >= 0.6 is 0 Å². The maximum absolute atomic E-state index is 12.4. The molecule has 6 heteroatoms. The van der Waals surface area contributed by atoms with Gasteiger partial charge in [0.25, 0.3) is 0 Å². The second-order valence-corrected chi connectivity index (χ2v) is 2.22. The van der Waals surface area contributed by atoms with Crippen molar-refractivity contribution in [2.45, 2.75) is 11.8 Å². The van der Waals surface area contributed by atoms with E-state index in [0.29, 0.717) is 0 Å². The van der Waals surface area contributed by atoms with Gasteiger partial charge >= 0.3 is 11.8 Å². The summed E-state index contributed by atoms with van der Waals surface area (Å²) in [6.07, 6.45) is 0. The quantitative estimate of drug-likeness (QED) is 0.612. The Kier molecular flexibility index (Phi) is 1.73. The lowest BCUT2D eigenvalue weighted by atomic mass is 9.94. The molecule has 0 aromatic rings. The molecule has 1 aliphatic rings. The van der Waals surface area contributed by atoms with Crippen LogP contribution in [0.2, 0.25) is 0 Å². The van der Waals surface area contributed by atoms with E-state index in [1.807, 2.05) is 0 Å². The Morgan fingerprint density at radius 1 is 0.833 bits per heavy atom. The van der Waals surface area contributed by atoms with E-state index in [1.165, 1.54) is 0 Å². The van der Waals surface area contributed by atoms with Crippen LogP contribution in [0, 0.1) is 0 Å². The fraction of sp³-hybridized carbons (Fsp3) is 0.667. The van der Waals surface area contributed by atoms with Gasteiger partial charge in [0.2, 0.25) is 11.5 Å². The van der Waals surface area contributed by atoms with Gasteiger partial charge in [0, 0.05) is 0 Å². The predicted molar refractivity (Wildman–Crippen MR) is 30.9 cm³/mol. The Hall–Kier alpha value is -0.940. The molecule has 0 N–H and O–H groups in total. The van der Waals surface area contributed by atoms with Crippen molar-refractivity contribution in [1.82, 2.24) is 0 Å². The molecule has 0 aliphatic heterocycles. The first-order valence-electron chi connectivity index (χ1n) is 2.98. The molecule has 12 heavy (non-hydrogen) atoms. The summed E-state index contributed by atoms with van der Waals surface area (Å²) >= 11 is 0. The highest BCUT2D eigenvalue weighted by Gasteiger charge is 2.75. The lowest BCUT2D eigenvalue weighted by Gasteiger charge is -2.37. The second kappa shape index (κ2) is 2.27. The Balaban J connectivity index is 3.09. The number of halogens is 4. The van der Waals surface area contributed by atoms with Crippen LogP contribution in [0.15, 0.2) is 11.5 Å². The van der Waals surface area contributed by atoms with Gasteiger partial charge < -0.3 is 9.47 Å². The molecule has 0 aromatic carbocycles. The summed E-state index contributed by atoms with van der Waals surface area (Å²) in [6, 6.07) is 0. The number of allylic oxidation sites excluding steroid dienone is 2. The molecule has 0 saturated heterocycles. The second-order valence-electron chi connectivity index (χ2n) is 2.22. The number of rotatable bonds is 2. The number of alkyl halides is 4. The van der Waals surface area contributed by atoms with E-state index in [4.69, 9.17) is 0 Å². The minimum Gasteiger partial charge on any atom is -0.492 e. The molecule has 0 amide bonds.